The maximum Gasteiger partial charge on any atom is 0.276 e. The number of amides is 1. The third-order valence-electron chi connectivity index (χ3n) is 4.36. The molecule has 0 spiro atoms. The van der Waals surface area contributed by atoms with E-state index in [9.17, 15) is 4.79 Å². The number of aromatic nitrogens is 2. The Bertz CT molecular complexity index is 708. The summed E-state index contributed by atoms with van der Waals surface area (Å²) in [5.41, 5.74) is 2.26. The van der Waals surface area contributed by atoms with Crippen molar-refractivity contribution in [2.45, 2.75) is 12.8 Å². The minimum Gasteiger partial charge on any atom is -0.372 e. The molecule has 0 aliphatic carbocycles. The summed E-state index contributed by atoms with van der Waals surface area (Å²) < 4.78 is 0. The molecule has 0 radical (unpaired) electrons. The van der Waals surface area contributed by atoms with Crippen LogP contribution in [0.1, 0.15) is 23.3 Å². The largest absolute Gasteiger partial charge is 0.372 e. The van der Waals surface area contributed by atoms with Crippen LogP contribution in [-0.2, 0) is 0 Å². The van der Waals surface area contributed by atoms with Gasteiger partial charge in [-0.15, -0.1) is 10.2 Å². The highest BCUT2D eigenvalue weighted by molar-refractivity contribution is 6.02. The minimum absolute atomic E-state index is 0.258. The molecular weight excluding hydrogens is 328 g/mol. The van der Waals surface area contributed by atoms with Gasteiger partial charge in [0.2, 0.25) is 0 Å². The van der Waals surface area contributed by atoms with E-state index in [0.29, 0.717) is 11.5 Å². The van der Waals surface area contributed by atoms with E-state index in [1.54, 1.807) is 12.1 Å². The van der Waals surface area contributed by atoms with Gasteiger partial charge in [-0.05, 0) is 63.3 Å². The molecule has 0 unspecified atom stereocenters. The van der Waals surface area contributed by atoms with Gasteiger partial charge < -0.3 is 20.4 Å². The molecule has 2 heterocycles. The standard InChI is InChI=1S/C19H26N6O/c1-24(2)14-11-20-18-10-9-17(22-23-18)19(26)21-15-5-7-16(8-6-15)25-12-3-4-13-25/h5-10H,3-4,11-14H2,1-2H3,(H,20,23)(H,21,26). The normalized spacial score (nSPS) is 13.9. The van der Waals surface area contributed by atoms with Gasteiger partial charge in [-0.1, -0.05) is 0 Å². The van der Waals surface area contributed by atoms with Crippen LogP contribution in [-0.4, -0.2) is 61.3 Å². The van der Waals surface area contributed by atoms with E-state index in [2.05, 4.69) is 30.6 Å². The predicted octanol–water partition coefficient (Wildman–Crippen LogP) is 2.30. The number of carbonyl (C=O) groups excluding carboxylic acids is 1. The molecule has 0 bridgehead atoms. The highest BCUT2D eigenvalue weighted by Crippen LogP contribution is 2.22. The Morgan fingerprint density at radius 3 is 2.42 bits per heavy atom. The first-order chi connectivity index (χ1) is 12.6. The van der Waals surface area contributed by atoms with Gasteiger partial charge in [-0.3, -0.25) is 4.79 Å². The SMILES string of the molecule is CN(C)CCNc1ccc(C(=O)Nc2ccc(N3CCCC3)cc2)nn1. The zero-order valence-electron chi connectivity index (χ0n) is 15.4. The lowest BCUT2D eigenvalue weighted by Gasteiger charge is -2.17. The van der Waals surface area contributed by atoms with E-state index in [4.69, 9.17) is 0 Å². The molecule has 1 aliphatic heterocycles. The monoisotopic (exact) mass is 354 g/mol. The summed E-state index contributed by atoms with van der Waals surface area (Å²) in [6, 6.07) is 11.4. The summed E-state index contributed by atoms with van der Waals surface area (Å²) >= 11 is 0. The van der Waals surface area contributed by atoms with Gasteiger partial charge in [-0.25, -0.2) is 0 Å². The van der Waals surface area contributed by atoms with Crippen molar-refractivity contribution in [3.05, 3.63) is 42.1 Å². The Balaban J connectivity index is 1.54. The average Bonchev–Trinajstić information content (AvgIpc) is 3.17. The molecule has 1 fully saturated rings. The lowest BCUT2D eigenvalue weighted by Crippen LogP contribution is -2.21. The summed E-state index contributed by atoms with van der Waals surface area (Å²) in [5, 5.41) is 14.1. The fourth-order valence-corrected chi connectivity index (χ4v) is 2.88. The molecule has 1 amide bonds. The fraction of sp³-hybridized carbons (Fsp3) is 0.421. The molecule has 26 heavy (non-hydrogen) atoms. The van der Waals surface area contributed by atoms with Crippen molar-refractivity contribution in [3.63, 3.8) is 0 Å². The summed E-state index contributed by atoms with van der Waals surface area (Å²) in [6.07, 6.45) is 2.49. The van der Waals surface area contributed by atoms with E-state index in [0.717, 1.165) is 31.9 Å². The van der Waals surface area contributed by atoms with Crippen LogP contribution < -0.4 is 15.5 Å². The Labute approximate surface area is 154 Å². The van der Waals surface area contributed by atoms with Crippen molar-refractivity contribution in [2.75, 3.05) is 55.8 Å². The van der Waals surface area contributed by atoms with E-state index in [1.807, 2.05) is 38.4 Å². The van der Waals surface area contributed by atoms with Gasteiger partial charge in [0.25, 0.3) is 5.91 Å². The van der Waals surface area contributed by atoms with Gasteiger partial charge in [0.15, 0.2) is 5.69 Å². The van der Waals surface area contributed by atoms with Crippen molar-refractivity contribution in [3.8, 4) is 0 Å². The van der Waals surface area contributed by atoms with Crippen molar-refractivity contribution in [1.82, 2.24) is 15.1 Å². The van der Waals surface area contributed by atoms with Crippen LogP contribution in [0.3, 0.4) is 0 Å². The van der Waals surface area contributed by atoms with Crippen LogP contribution in [0.25, 0.3) is 0 Å². The summed E-state index contributed by atoms with van der Waals surface area (Å²) in [6.45, 7) is 3.89. The van der Waals surface area contributed by atoms with Gasteiger partial charge in [0.1, 0.15) is 5.82 Å². The summed E-state index contributed by atoms with van der Waals surface area (Å²) in [4.78, 5) is 16.8. The number of benzene rings is 1. The highest BCUT2D eigenvalue weighted by Gasteiger charge is 2.13. The molecule has 0 saturated carbocycles. The maximum absolute atomic E-state index is 12.3. The predicted molar refractivity (Wildman–Crippen MR) is 105 cm³/mol. The number of likely N-dealkylation sites (N-methyl/N-ethyl adjacent to an activating group) is 1. The quantitative estimate of drug-likeness (QED) is 0.795. The smallest absolute Gasteiger partial charge is 0.276 e. The van der Waals surface area contributed by atoms with Gasteiger partial charge >= 0.3 is 0 Å². The first-order valence-corrected chi connectivity index (χ1v) is 9.00. The first-order valence-electron chi connectivity index (χ1n) is 9.00. The van der Waals surface area contributed by atoms with Crippen molar-refractivity contribution in [2.24, 2.45) is 0 Å². The van der Waals surface area contributed by atoms with E-state index >= 15 is 0 Å². The number of anilines is 3. The second kappa shape index (κ2) is 8.62. The van der Waals surface area contributed by atoms with Crippen molar-refractivity contribution in [1.29, 1.82) is 0 Å². The highest BCUT2D eigenvalue weighted by atomic mass is 16.1. The molecular formula is C19H26N6O. The fourth-order valence-electron chi connectivity index (χ4n) is 2.88. The lowest BCUT2D eigenvalue weighted by atomic mass is 10.2. The number of hydrogen-bond donors (Lipinski definition) is 2. The lowest BCUT2D eigenvalue weighted by molar-refractivity contribution is 0.102. The summed E-state index contributed by atoms with van der Waals surface area (Å²) in [5.74, 6) is 0.407. The van der Waals surface area contributed by atoms with E-state index in [-0.39, 0.29) is 5.91 Å². The van der Waals surface area contributed by atoms with Crippen molar-refractivity contribution >= 4 is 23.1 Å². The molecule has 1 saturated heterocycles. The minimum atomic E-state index is -0.258. The molecule has 0 atom stereocenters. The Hall–Kier alpha value is -2.67. The number of nitrogens with zero attached hydrogens (tertiary/aromatic N) is 4. The molecule has 1 aromatic heterocycles. The molecule has 7 nitrogen and oxygen atoms in total. The van der Waals surface area contributed by atoms with Gasteiger partial charge in [0.05, 0.1) is 0 Å². The summed E-state index contributed by atoms with van der Waals surface area (Å²) in [7, 11) is 4.02. The zero-order chi connectivity index (χ0) is 18.4. The molecule has 138 valence electrons. The Kier molecular flexibility index (Phi) is 6.01. The Morgan fingerprint density at radius 2 is 1.81 bits per heavy atom. The van der Waals surface area contributed by atoms with Gasteiger partial charge in [0, 0.05) is 37.6 Å². The molecule has 2 aromatic rings. The van der Waals surface area contributed by atoms with Crippen molar-refractivity contribution < 1.29 is 4.79 Å². The van der Waals surface area contributed by atoms with Gasteiger partial charge in [-0.2, -0.15) is 0 Å². The third kappa shape index (κ3) is 4.92. The molecule has 3 rings (SSSR count). The van der Waals surface area contributed by atoms with Crippen LogP contribution in [0, 0.1) is 0 Å². The second-order valence-electron chi connectivity index (χ2n) is 6.73. The maximum atomic E-state index is 12.3. The number of carbonyl (C=O) groups is 1. The van der Waals surface area contributed by atoms with Crippen LogP contribution in [0.2, 0.25) is 0 Å². The van der Waals surface area contributed by atoms with Crippen LogP contribution in [0.5, 0.6) is 0 Å². The van der Waals surface area contributed by atoms with Crippen LogP contribution in [0.15, 0.2) is 36.4 Å². The average molecular weight is 354 g/mol. The number of hydrogen-bond acceptors (Lipinski definition) is 6. The molecule has 7 heteroatoms. The third-order valence-corrected chi connectivity index (χ3v) is 4.36. The van der Waals surface area contributed by atoms with E-state index < -0.39 is 0 Å². The topological polar surface area (TPSA) is 73.4 Å². The number of rotatable bonds is 7. The second-order valence-corrected chi connectivity index (χ2v) is 6.73. The molecule has 1 aromatic carbocycles. The Morgan fingerprint density at radius 1 is 1.08 bits per heavy atom. The first kappa shape index (κ1) is 18.1. The molecule has 2 N–H and O–H groups in total. The van der Waals surface area contributed by atoms with E-state index in [1.165, 1.54) is 18.5 Å². The molecule has 1 aliphatic rings. The zero-order valence-corrected chi connectivity index (χ0v) is 15.4. The van der Waals surface area contributed by atoms with Crippen LogP contribution >= 0.6 is 0 Å². The number of nitrogens with one attached hydrogen (secondary N) is 2. The van der Waals surface area contributed by atoms with Crippen LogP contribution in [0.4, 0.5) is 17.2 Å².